The summed E-state index contributed by atoms with van der Waals surface area (Å²) in [5.41, 5.74) is 0. The molecule has 0 aliphatic heterocycles. The molecule has 0 rings (SSSR count). The topological polar surface area (TPSA) is 80.3 Å². The molecule has 0 aromatic carbocycles. The molecule has 0 aliphatic carbocycles. The summed E-state index contributed by atoms with van der Waals surface area (Å²) in [4.78, 5) is 0. The van der Waals surface area contributed by atoms with E-state index in [0.29, 0.717) is 0 Å². The van der Waals surface area contributed by atoms with Gasteiger partial charge in [-0.05, 0) is 0 Å². The molecule has 0 fully saturated rings. The third kappa shape index (κ3) is 182. The van der Waals surface area contributed by atoms with Crippen LogP contribution in [-0.4, -0.2) is 17.5 Å². The molecule has 0 unspecified atom stereocenters. The number of rotatable bonds is 0. The Kier molecular flexibility index (Phi) is 16.6. The van der Waals surface area contributed by atoms with E-state index in [-0.39, 0.29) is 51.4 Å². The molecule has 0 aromatic rings. The van der Waals surface area contributed by atoms with Gasteiger partial charge in [-0.3, -0.25) is 15.0 Å². The summed E-state index contributed by atoms with van der Waals surface area (Å²) in [5.74, 6) is 0. The van der Waals surface area contributed by atoms with Crippen molar-refractivity contribution in [3.63, 3.8) is 0 Å². The molecule has 4 nitrogen and oxygen atoms in total. The first kappa shape index (κ1) is 16.1. The van der Waals surface area contributed by atoms with Crippen molar-refractivity contribution in [1.29, 1.82) is 0 Å². The molecular weight excluding hydrogens is 159 g/mol. The van der Waals surface area contributed by atoms with Gasteiger partial charge in [0, 0.05) is 10.4 Å². The molecule has 0 bridgehead atoms. The Labute approximate surface area is 91.0 Å². The van der Waals surface area contributed by atoms with Crippen molar-refractivity contribution in [2.45, 2.75) is 0 Å². The van der Waals surface area contributed by atoms with Crippen LogP contribution in [0.5, 0.6) is 0 Å². The first-order valence-electron chi connectivity index (χ1n) is 1.07. The van der Waals surface area contributed by atoms with Gasteiger partial charge in [0.15, 0.2) is 0 Å². The maximum absolute atomic E-state index is 8.52. The summed E-state index contributed by atoms with van der Waals surface area (Å²) in [6.45, 7) is 7.00. The fourth-order valence-electron chi connectivity index (χ4n) is 0. The fourth-order valence-corrected chi connectivity index (χ4v) is 0. The van der Waals surface area contributed by atoms with E-state index in [1.807, 2.05) is 0 Å². The SMILES string of the molecule is O=S(=O)([O-])[O-].[CH-]=C.[K+]. The smallest absolute Gasteiger partial charge is 0.759 e. The molecule has 0 atom stereocenters. The van der Waals surface area contributed by atoms with Crippen LogP contribution in [-0.2, 0) is 10.4 Å². The monoisotopic (exact) mass is 162 g/mol. The zero-order valence-electron chi connectivity index (χ0n) is 4.33. The Balaban J connectivity index is -0.0000000750. The van der Waals surface area contributed by atoms with E-state index in [0.717, 1.165) is 0 Å². The summed E-state index contributed by atoms with van der Waals surface area (Å²) in [6, 6.07) is 0. The van der Waals surface area contributed by atoms with Crippen molar-refractivity contribution in [2.24, 2.45) is 0 Å². The molecule has 0 N–H and O–H groups in total. The van der Waals surface area contributed by atoms with Crippen LogP contribution < -0.4 is 51.4 Å². The Morgan fingerprint density at radius 3 is 1.25 bits per heavy atom. The fraction of sp³-hybridized carbons (Fsp3) is 0. The van der Waals surface area contributed by atoms with Crippen LogP contribution in [0.15, 0.2) is 6.58 Å². The van der Waals surface area contributed by atoms with E-state index in [2.05, 4.69) is 13.2 Å². The molecule has 44 valence electrons. The van der Waals surface area contributed by atoms with E-state index in [1.165, 1.54) is 0 Å². The summed E-state index contributed by atoms with van der Waals surface area (Å²) in [7, 11) is -5.17. The molecule has 0 radical (unpaired) electrons. The van der Waals surface area contributed by atoms with Crippen molar-refractivity contribution < 1.29 is 68.9 Å². The molecule has 0 saturated heterocycles. The van der Waals surface area contributed by atoms with Gasteiger partial charge < -0.3 is 15.7 Å². The maximum atomic E-state index is 8.52. The first-order chi connectivity index (χ1) is 3.00. The van der Waals surface area contributed by atoms with Gasteiger partial charge in [0.1, 0.15) is 0 Å². The molecule has 0 aliphatic rings. The van der Waals surface area contributed by atoms with E-state index < -0.39 is 10.4 Å². The minimum atomic E-state index is -5.17. The number of hydrogen-bond donors (Lipinski definition) is 0. The van der Waals surface area contributed by atoms with Crippen molar-refractivity contribution in [1.82, 2.24) is 0 Å². The second-order valence-corrected chi connectivity index (χ2v) is 1.22. The van der Waals surface area contributed by atoms with Crippen LogP contribution in [0.1, 0.15) is 0 Å². The van der Waals surface area contributed by atoms with Crippen LogP contribution in [0.3, 0.4) is 0 Å². The van der Waals surface area contributed by atoms with Crippen LogP contribution in [0.2, 0.25) is 0 Å². The maximum Gasteiger partial charge on any atom is 1.00 e. The minimum Gasteiger partial charge on any atom is -0.759 e. The zero-order valence-corrected chi connectivity index (χ0v) is 8.27. The molecule has 6 heteroatoms. The summed E-state index contributed by atoms with van der Waals surface area (Å²) >= 11 is 0. The predicted molar refractivity (Wildman–Crippen MR) is 20.4 cm³/mol. The molecule has 0 heterocycles. The largest absolute Gasteiger partial charge is 1.00 e. The minimum absolute atomic E-state index is 0. The summed E-state index contributed by atoms with van der Waals surface area (Å²) < 4.78 is 34.1. The third-order valence-corrected chi connectivity index (χ3v) is 0. The predicted octanol–water partition coefficient (Wildman–Crippen LogP) is -3.73. The average Bonchev–Trinajstić information content (AvgIpc) is 1.36. The Morgan fingerprint density at radius 2 is 1.25 bits per heavy atom. The quantitative estimate of drug-likeness (QED) is 0.159. The normalized spacial score (nSPS) is 7.75. The van der Waals surface area contributed by atoms with Crippen molar-refractivity contribution in [3.8, 4) is 0 Å². The van der Waals surface area contributed by atoms with Gasteiger partial charge in [0.25, 0.3) is 0 Å². The Hall–Kier alpha value is 1.25. The van der Waals surface area contributed by atoms with Crippen molar-refractivity contribution >= 4 is 10.4 Å². The Bertz CT molecular complexity index is 108. The van der Waals surface area contributed by atoms with E-state index >= 15 is 0 Å². The molecule has 0 saturated carbocycles. The second kappa shape index (κ2) is 8.25. The van der Waals surface area contributed by atoms with Crippen LogP contribution in [0.4, 0.5) is 0 Å². The molecule has 0 spiro atoms. The van der Waals surface area contributed by atoms with E-state index in [9.17, 15) is 0 Å². The van der Waals surface area contributed by atoms with Gasteiger partial charge in [0.05, 0.1) is 0 Å². The van der Waals surface area contributed by atoms with Crippen LogP contribution in [0, 0.1) is 6.58 Å². The van der Waals surface area contributed by atoms with Gasteiger partial charge in [-0.1, -0.05) is 0 Å². The van der Waals surface area contributed by atoms with Crippen LogP contribution >= 0.6 is 0 Å². The number of hydrogen-bond acceptors (Lipinski definition) is 4. The molecule has 0 aromatic heterocycles. The zero-order chi connectivity index (χ0) is 6.50. The third-order valence-electron chi connectivity index (χ3n) is 0. The Morgan fingerprint density at radius 1 is 1.25 bits per heavy atom. The summed E-state index contributed by atoms with van der Waals surface area (Å²) in [5, 5.41) is 0. The van der Waals surface area contributed by atoms with Crippen molar-refractivity contribution in [3.05, 3.63) is 13.2 Å². The average molecular weight is 162 g/mol. The van der Waals surface area contributed by atoms with E-state index in [1.54, 1.807) is 0 Å². The van der Waals surface area contributed by atoms with Gasteiger partial charge in [-0.25, -0.2) is 0 Å². The standard InChI is InChI=1S/C2H3.K.H2O4S/c1-2;;1-5(2,3)4/h1H,2H2;;(H2,1,2,3,4)/q-1;+1;/p-2. The second-order valence-electron chi connectivity index (χ2n) is 0.408. The first-order valence-corrected chi connectivity index (χ1v) is 2.41. The van der Waals surface area contributed by atoms with E-state index in [4.69, 9.17) is 17.5 Å². The van der Waals surface area contributed by atoms with Crippen LogP contribution in [0.25, 0.3) is 0 Å². The van der Waals surface area contributed by atoms with Gasteiger partial charge in [0.2, 0.25) is 0 Å². The van der Waals surface area contributed by atoms with Gasteiger partial charge in [-0.15, -0.1) is 0 Å². The van der Waals surface area contributed by atoms with Crippen molar-refractivity contribution in [2.75, 3.05) is 0 Å². The van der Waals surface area contributed by atoms with Gasteiger partial charge in [-0.2, -0.15) is 0 Å². The molecule has 8 heavy (non-hydrogen) atoms. The molecular formula is C2H3KO4S-2. The molecule has 0 amide bonds. The summed E-state index contributed by atoms with van der Waals surface area (Å²) in [6.07, 6.45) is 0. The van der Waals surface area contributed by atoms with Gasteiger partial charge >= 0.3 is 51.4 Å².